The second-order valence-corrected chi connectivity index (χ2v) is 4.09. The fourth-order valence-corrected chi connectivity index (χ4v) is 1.80. The quantitative estimate of drug-likeness (QED) is 0.729. The van der Waals surface area contributed by atoms with Crippen LogP contribution < -0.4 is 5.32 Å². The molecule has 14 heavy (non-hydrogen) atoms. The van der Waals surface area contributed by atoms with Crippen LogP contribution in [-0.2, 0) is 5.54 Å². The number of hydrogen-bond acceptors (Lipinski definition) is 1. The Kier molecular flexibility index (Phi) is 2.07. The third-order valence-electron chi connectivity index (χ3n) is 2.98. The van der Waals surface area contributed by atoms with E-state index >= 15 is 0 Å². The predicted molar refractivity (Wildman–Crippen MR) is 51.1 cm³/mol. The van der Waals surface area contributed by atoms with E-state index in [9.17, 15) is 8.78 Å². The van der Waals surface area contributed by atoms with E-state index in [1.165, 1.54) is 12.1 Å². The lowest BCUT2D eigenvalue weighted by Gasteiger charge is -2.40. The van der Waals surface area contributed by atoms with E-state index in [4.69, 9.17) is 0 Å². The molecule has 1 N–H and O–H groups in total. The third kappa shape index (κ3) is 1.32. The van der Waals surface area contributed by atoms with Crippen molar-refractivity contribution in [2.75, 3.05) is 6.54 Å². The van der Waals surface area contributed by atoms with E-state index < -0.39 is 0 Å². The molecule has 0 saturated carbocycles. The van der Waals surface area contributed by atoms with Crippen LogP contribution >= 0.6 is 0 Å². The Hall–Kier alpha value is -0.960. The molecule has 1 heterocycles. The highest BCUT2D eigenvalue weighted by Crippen LogP contribution is 2.33. The molecule has 3 heteroatoms. The topological polar surface area (TPSA) is 12.0 Å². The maximum Gasteiger partial charge on any atom is 0.128 e. The van der Waals surface area contributed by atoms with Gasteiger partial charge >= 0.3 is 0 Å². The summed E-state index contributed by atoms with van der Waals surface area (Å²) in [6, 6.07) is 2.56. The minimum absolute atomic E-state index is 0.321. The molecule has 1 atom stereocenters. The second-order valence-electron chi connectivity index (χ2n) is 4.09. The number of benzene rings is 1. The van der Waals surface area contributed by atoms with Gasteiger partial charge in [-0.3, -0.25) is 0 Å². The van der Waals surface area contributed by atoms with Gasteiger partial charge in [0, 0.05) is 11.1 Å². The van der Waals surface area contributed by atoms with Crippen LogP contribution in [0.1, 0.15) is 24.5 Å². The molecule has 1 saturated heterocycles. The highest BCUT2D eigenvalue weighted by atomic mass is 19.1. The Morgan fingerprint density at radius 1 is 1.29 bits per heavy atom. The van der Waals surface area contributed by atoms with Gasteiger partial charge in [-0.25, -0.2) is 8.78 Å². The number of nitrogens with one attached hydrogen (secondary N) is 1. The Bertz CT molecular complexity index is 370. The average Bonchev–Trinajstić information content (AvgIpc) is 2.07. The van der Waals surface area contributed by atoms with Gasteiger partial charge in [-0.1, -0.05) is 0 Å². The maximum atomic E-state index is 13.5. The normalized spacial score (nSPS) is 26.0. The first kappa shape index (κ1) is 9.59. The summed E-state index contributed by atoms with van der Waals surface area (Å²) in [4.78, 5) is 0. The average molecular weight is 197 g/mol. The molecule has 1 nitrogen and oxygen atoms in total. The fourth-order valence-electron chi connectivity index (χ4n) is 1.80. The van der Waals surface area contributed by atoms with E-state index in [1.807, 2.05) is 6.92 Å². The standard InChI is InChI=1S/C11H13F2N/c1-7-5-10(13)8(6-9(7)12)11(2)3-4-14-11/h5-6,14H,3-4H2,1-2H3. The SMILES string of the molecule is Cc1cc(F)c(C2(C)CCN2)cc1F. The molecular formula is C11H13F2N. The first-order chi connectivity index (χ1) is 6.53. The van der Waals surface area contributed by atoms with Crippen molar-refractivity contribution < 1.29 is 8.78 Å². The second kappa shape index (κ2) is 3.02. The lowest BCUT2D eigenvalue weighted by molar-refractivity contribution is 0.228. The van der Waals surface area contributed by atoms with Crippen LogP contribution in [0.2, 0.25) is 0 Å². The van der Waals surface area contributed by atoms with Crippen molar-refractivity contribution in [2.24, 2.45) is 0 Å². The number of rotatable bonds is 1. The van der Waals surface area contributed by atoms with Gasteiger partial charge in [-0.15, -0.1) is 0 Å². The van der Waals surface area contributed by atoms with Gasteiger partial charge in [-0.05, 0) is 44.5 Å². The molecule has 0 bridgehead atoms. The van der Waals surface area contributed by atoms with E-state index in [-0.39, 0.29) is 17.2 Å². The van der Waals surface area contributed by atoms with Gasteiger partial charge in [-0.2, -0.15) is 0 Å². The summed E-state index contributed by atoms with van der Waals surface area (Å²) in [7, 11) is 0. The Morgan fingerprint density at radius 2 is 1.93 bits per heavy atom. The van der Waals surface area contributed by atoms with Gasteiger partial charge in [0.05, 0.1) is 0 Å². The van der Waals surface area contributed by atoms with Crippen LogP contribution in [0, 0.1) is 18.6 Å². The Labute approximate surface area is 82.1 Å². The summed E-state index contributed by atoms with van der Waals surface area (Å²) < 4.78 is 26.8. The van der Waals surface area contributed by atoms with Crippen LogP contribution in [-0.4, -0.2) is 6.54 Å². The van der Waals surface area contributed by atoms with Crippen LogP contribution in [0.3, 0.4) is 0 Å². The summed E-state index contributed by atoms with van der Waals surface area (Å²) >= 11 is 0. The molecular weight excluding hydrogens is 184 g/mol. The first-order valence-corrected chi connectivity index (χ1v) is 4.74. The molecule has 2 rings (SSSR count). The summed E-state index contributed by atoms with van der Waals surface area (Å²) in [5.41, 5.74) is 0.416. The molecule has 1 fully saturated rings. The molecule has 0 radical (unpaired) electrons. The van der Waals surface area contributed by atoms with Crippen molar-refractivity contribution in [3.8, 4) is 0 Å². The van der Waals surface area contributed by atoms with Crippen LogP contribution in [0.15, 0.2) is 12.1 Å². The third-order valence-corrected chi connectivity index (χ3v) is 2.98. The number of hydrogen-bond donors (Lipinski definition) is 1. The van der Waals surface area contributed by atoms with Crippen molar-refractivity contribution in [3.63, 3.8) is 0 Å². The number of halogens is 2. The van der Waals surface area contributed by atoms with Gasteiger partial charge in [0.2, 0.25) is 0 Å². The Morgan fingerprint density at radius 3 is 2.43 bits per heavy atom. The van der Waals surface area contributed by atoms with Crippen LogP contribution in [0.5, 0.6) is 0 Å². The zero-order valence-corrected chi connectivity index (χ0v) is 8.32. The van der Waals surface area contributed by atoms with Crippen LogP contribution in [0.25, 0.3) is 0 Å². The van der Waals surface area contributed by atoms with Gasteiger partial charge in [0.15, 0.2) is 0 Å². The lowest BCUT2D eigenvalue weighted by atomic mass is 9.82. The monoisotopic (exact) mass is 197 g/mol. The van der Waals surface area contributed by atoms with Gasteiger partial charge in [0.1, 0.15) is 11.6 Å². The zero-order chi connectivity index (χ0) is 10.3. The summed E-state index contributed by atoms with van der Waals surface area (Å²) in [5.74, 6) is -0.657. The smallest absolute Gasteiger partial charge is 0.128 e. The molecule has 1 aromatic rings. The molecule has 1 aliphatic rings. The van der Waals surface area contributed by atoms with E-state index in [2.05, 4.69) is 5.32 Å². The number of aryl methyl sites for hydroxylation is 1. The summed E-state index contributed by atoms with van der Waals surface area (Å²) in [6.45, 7) is 4.33. The Balaban J connectivity index is 2.48. The highest BCUT2D eigenvalue weighted by Gasteiger charge is 2.35. The minimum atomic E-state index is -0.376. The molecule has 1 aliphatic heterocycles. The van der Waals surface area contributed by atoms with E-state index in [0.29, 0.717) is 11.1 Å². The molecule has 0 amide bonds. The summed E-state index contributed by atoms with van der Waals surface area (Å²) in [5, 5.41) is 3.12. The van der Waals surface area contributed by atoms with Crippen molar-refractivity contribution in [2.45, 2.75) is 25.8 Å². The van der Waals surface area contributed by atoms with E-state index in [0.717, 1.165) is 13.0 Å². The molecule has 1 unspecified atom stereocenters. The lowest BCUT2D eigenvalue weighted by Crippen LogP contribution is -2.52. The molecule has 0 aliphatic carbocycles. The van der Waals surface area contributed by atoms with Gasteiger partial charge < -0.3 is 5.32 Å². The van der Waals surface area contributed by atoms with Crippen LogP contribution in [0.4, 0.5) is 8.78 Å². The minimum Gasteiger partial charge on any atom is -0.307 e. The largest absolute Gasteiger partial charge is 0.307 e. The van der Waals surface area contributed by atoms with Crippen molar-refractivity contribution in [1.29, 1.82) is 0 Å². The predicted octanol–water partition coefficient (Wildman–Crippen LogP) is 2.48. The molecule has 76 valence electrons. The molecule has 1 aromatic carbocycles. The molecule has 0 spiro atoms. The molecule has 0 aromatic heterocycles. The van der Waals surface area contributed by atoms with E-state index in [1.54, 1.807) is 6.92 Å². The maximum absolute atomic E-state index is 13.5. The van der Waals surface area contributed by atoms with Crippen molar-refractivity contribution in [1.82, 2.24) is 5.32 Å². The van der Waals surface area contributed by atoms with Crippen molar-refractivity contribution in [3.05, 3.63) is 34.9 Å². The zero-order valence-electron chi connectivity index (χ0n) is 8.32. The first-order valence-electron chi connectivity index (χ1n) is 4.74. The van der Waals surface area contributed by atoms with Gasteiger partial charge in [0.25, 0.3) is 0 Å². The van der Waals surface area contributed by atoms with Crippen molar-refractivity contribution >= 4 is 0 Å². The summed E-state index contributed by atoms with van der Waals surface area (Å²) in [6.07, 6.45) is 0.854. The highest BCUT2D eigenvalue weighted by molar-refractivity contribution is 5.32. The fraction of sp³-hybridized carbons (Fsp3) is 0.455.